The van der Waals surface area contributed by atoms with Crippen LogP contribution >= 0.6 is 22.9 Å². The zero-order valence-corrected chi connectivity index (χ0v) is 28.5. The second-order valence-electron chi connectivity index (χ2n) is 16.6. The Kier molecular flexibility index (Phi) is 6.47. The highest BCUT2D eigenvalue weighted by Crippen LogP contribution is 2.77. The number of halogens is 1. The molecule has 2 aromatic heterocycles. The number of rotatable bonds is 3. The minimum atomic E-state index is -0.472. The third kappa shape index (κ3) is 3.62. The molecule has 0 saturated heterocycles. The van der Waals surface area contributed by atoms with Crippen molar-refractivity contribution in [2.75, 3.05) is 0 Å². The molecule has 4 fully saturated rings. The summed E-state index contributed by atoms with van der Waals surface area (Å²) < 4.78 is 7.22. The molecule has 42 heavy (non-hydrogen) atoms. The quantitative estimate of drug-likeness (QED) is 0.348. The van der Waals surface area contributed by atoms with E-state index in [1.165, 1.54) is 49.0 Å². The molecule has 4 saturated carbocycles. The molecule has 0 spiro atoms. The minimum absolute atomic E-state index is 0.144. The molecule has 5 aliphatic carbocycles. The van der Waals surface area contributed by atoms with Gasteiger partial charge in [-0.2, -0.15) is 0 Å². The van der Waals surface area contributed by atoms with Crippen LogP contribution in [0.4, 0.5) is 0 Å². The lowest BCUT2D eigenvalue weighted by Crippen LogP contribution is -2.65. The highest BCUT2D eigenvalue weighted by Gasteiger charge is 2.70. The van der Waals surface area contributed by atoms with Crippen molar-refractivity contribution < 1.29 is 9.21 Å². The molecule has 8 atom stereocenters. The monoisotopic (exact) mass is 608 g/mol. The molecule has 2 heterocycles. The van der Waals surface area contributed by atoms with Gasteiger partial charge in [0.05, 0.1) is 14.6 Å². The summed E-state index contributed by atoms with van der Waals surface area (Å²) in [5, 5.41) is 9.20. The van der Waals surface area contributed by atoms with Crippen molar-refractivity contribution in [3.8, 4) is 10.8 Å². The van der Waals surface area contributed by atoms with Crippen molar-refractivity contribution >= 4 is 28.7 Å². The van der Waals surface area contributed by atoms with Gasteiger partial charge in [-0.15, -0.1) is 21.5 Å². The first-order chi connectivity index (χ1) is 19.7. The molecule has 4 nitrogen and oxygen atoms in total. The van der Waals surface area contributed by atoms with E-state index < -0.39 is 5.41 Å². The van der Waals surface area contributed by atoms with E-state index >= 15 is 0 Å². The van der Waals surface area contributed by atoms with E-state index in [1.807, 2.05) is 12.1 Å². The Morgan fingerprint density at radius 2 is 1.69 bits per heavy atom. The molecule has 0 bridgehead atoms. The van der Waals surface area contributed by atoms with Gasteiger partial charge in [0, 0.05) is 6.42 Å². The number of nitrogens with zero attached hydrogens (tertiary/aromatic N) is 2. The first-order valence-corrected chi connectivity index (χ1v) is 17.8. The first kappa shape index (κ1) is 29.3. The largest absolute Gasteiger partial charge is 0.419 e. The molecule has 0 N–H and O–H groups in total. The van der Waals surface area contributed by atoms with Crippen LogP contribution in [-0.4, -0.2) is 16.0 Å². The Hall–Kier alpha value is -1.46. The van der Waals surface area contributed by atoms with E-state index in [1.54, 1.807) is 0 Å². The van der Waals surface area contributed by atoms with Crippen LogP contribution in [0.25, 0.3) is 10.8 Å². The lowest BCUT2D eigenvalue weighted by atomic mass is 9.32. The van der Waals surface area contributed by atoms with E-state index in [0.29, 0.717) is 45.1 Å². The zero-order valence-electron chi connectivity index (χ0n) is 26.9. The molecule has 0 aromatic carbocycles. The number of allylic oxidation sites excluding steroid dienone is 2. The molecular formula is C36H49ClN2O2S. The second-order valence-corrected chi connectivity index (χ2v) is 18.3. The average Bonchev–Trinajstić information content (AvgIpc) is 3.64. The molecule has 5 aliphatic rings. The van der Waals surface area contributed by atoms with Crippen molar-refractivity contribution in [2.45, 2.75) is 119 Å². The smallest absolute Gasteiger partial charge is 0.257 e. The molecule has 0 radical (unpaired) electrons. The van der Waals surface area contributed by atoms with Gasteiger partial charge in [0.1, 0.15) is 0 Å². The van der Waals surface area contributed by atoms with Crippen molar-refractivity contribution in [2.24, 2.45) is 51.2 Å². The fourth-order valence-electron chi connectivity index (χ4n) is 12.0. The Labute approximate surface area is 261 Å². The van der Waals surface area contributed by atoms with Crippen LogP contribution < -0.4 is 0 Å². The van der Waals surface area contributed by atoms with Crippen LogP contribution in [0.5, 0.6) is 0 Å². The molecule has 6 heteroatoms. The zero-order chi connectivity index (χ0) is 30.0. The van der Waals surface area contributed by atoms with Gasteiger partial charge in [-0.25, -0.2) is 0 Å². The molecule has 2 aromatic rings. The maximum Gasteiger partial charge on any atom is 0.257 e. The van der Waals surface area contributed by atoms with Gasteiger partial charge in [0.15, 0.2) is 5.78 Å². The number of thiophene rings is 1. The van der Waals surface area contributed by atoms with E-state index in [2.05, 4.69) is 60.5 Å². The van der Waals surface area contributed by atoms with Gasteiger partial charge in [0.25, 0.3) is 5.89 Å². The summed E-state index contributed by atoms with van der Waals surface area (Å²) in [6.45, 7) is 20.0. The van der Waals surface area contributed by atoms with E-state index in [-0.39, 0.29) is 16.7 Å². The average molecular weight is 609 g/mol. The number of carbonyl (C=O) groups excluding carboxylic acids is 1. The third-order valence-electron chi connectivity index (χ3n) is 14.6. The Morgan fingerprint density at radius 1 is 0.929 bits per heavy atom. The summed E-state index contributed by atoms with van der Waals surface area (Å²) in [4.78, 5) is 14.8. The Bertz CT molecular complexity index is 1470. The van der Waals surface area contributed by atoms with Crippen LogP contribution in [0, 0.1) is 51.2 Å². The SMILES string of the molecule is CC(C)C1=C2[C@H]3CCC4[C@@]5(C)CC[C@H](C)C(C)(C)C5CC[C@@]4(C)[C@]3(C)CC[C@@]2(c2nnc(-c3ccc(Cl)s3)o2)CC1=O. The number of Topliss-reactive ketones (excluding diaryl/α,β-unsaturated/α-hetero) is 1. The molecule has 0 amide bonds. The lowest BCUT2D eigenvalue weighted by molar-refractivity contribution is -0.218. The summed E-state index contributed by atoms with van der Waals surface area (Å²) in [7, 11) is 0. The summed E-state index contributed by atoms with van der Waals surface area (Å²) in [5.74, 6) is 4.33. The van der Waals surface area contributed by atoms with Crippen LogP contribution in [0.15, 0.2) is 27.7 Å². The first-order valence-electron chi connectivity index (χ1n) is 16.6. The number of hydrogen-bond donors (Lipinski definition) is 0. The van der Waals surface area contributed by atoms with Gasteiger partial charge in [-0.05, 0) is 126 Å². The van der Waals surface area contributed by atoms with Crippen LogP contribution in [-0.2, 0) is 10.2 Å². The van der Waals surface area contributed by atoms with Gasteiger partial charge in [-0.1, -0.05) is 67.0 Å². The van der Waals surface area contributed by atoms with Crippen LogP contribution in [0.1, 0.15) is 119 Å². The maximum absolute atomic E-state index is 14.0. The maximum atomic E-state index is 14.0. The van der Waals surface area contributed by atoms with E-state index in [4.69, 9.17) is 21.1 Å². The fourth-order valence-corrected chi connectivity index (χ4v) is 13.0. The molecule has 0 aliphatic heterocycles. The summed E-state index contributed by atoms with van der Waals surface area (Å²) in [6, 6.07) is 3.82. The Morgan fingerprint density at radius 3 is 2.38 bits per heavy atom. The van der Waals surface area contributed by atoms with Crippen LogP contribution in [0.3, 0.4) is 0 Å². The predicted octanol–water partition coefficient (Wildman–Crippen LogP) is 10.3. The topological polar surface area (TPSA) is 56.0 Å². The minimum Gasteiger partial charge on any atom is -0.419 e. The summed E-state index contributed by atoms with van der Waals surface area (Å²) in [6.07, 6.45) is 10.3. The predicted molar refractivity (Wildman–Crippen MR) is 170 cm³/mol. The van der Waals surface area contributed by atoms with Gasteiger partial charge in [-0.3, -0.25) is 4.79 Å². The van der Waals surface area contributed by atoms with E-state index in [0.717, 1.165) is 47.5 Å². The number of aromatic nitrogens is 2. The second kappa shape index (κ2) is 9.28. The van der Waals surface area contributed by atoms with Crippen molar-refractivity contribution in [3.05, 3.63) is 33.5 Å². The Balaban J connectivity index is 1.32. The molecular weight excluding hydrogens is 560 g/mol. The van der Waals surface area contributed by atoms with Gasteiger partial charge >= 0.3 is 0 Å². The number of fused-ring (bicyclic) bond motifs is 7. The van der Waals surface area contributed by atoms with Gasteiger partial charge < -0.3 is 4.42 Å². The molecule has 228 valence electrons. The highest BCUT2D eigenvalue weighted by atomic mass is 35.5. The number of ketones is 1. The van der Waals surface area contributed by atoms with Crippen LogP contribution in [0.2, 0.25) is 4.34 Å². The van der Waals surface area contributed by atoms with Crippen molar-refractivity contribution in [1.82, 2.24) is 10.2 Å². The molecule has 2 unspecified atom stereocenters. The van der Waals surface area contributed by atoms with Gasteiger partial charge in [0.2, 0.25) is 5.89 Å². The van der Waals surface area contributed by atoms with Crippen molar-refractivity contribution in [3.63, 3.8) is 0 Å². The fraction of sp³-hybridized carbons (Fsp3) is 0.750. The summed E-state index contributed by atoms with van der Waals surface area (Å²) in [5.41, 5.74) is 3.14. The number of carbonyl (C=O) groups is 1. The highest BCUT2D eigenvalue weighted by molar-refractivity contribution is 7.19. The summed E-state index contributed by atoms with van der Waals surface area (Å²) >= 11 is 7.70. The lowest BCUT2D eigenvalue weighted by Gasteiger charge is -2.72. The normalized spacial score (nSPS) is 42.8. The standard InChI is InChI=1S/C36H49ClN2O2S/c1-20(2)28-23(40)19-36(31-39-38-30(41-31)24-10-12-27(37)42-24)18-17-34(7)22(29(28)36)9-11-26-33(6)15-13-21(3)32(4,5)25(33)14-16-35(26,34)8/h10,12,20-22,25-26H,9,11,13-19H2,1-8H3/t21-,22+,25?,26?,33-,34+,35+,36+/m0/s1. The van der Waals surface area contributed by atoms with Crippen molar-refractivity contribution in [1.29, 1.82) is 0 Å². The third-order valence-corrected chi connectivity index (χ3v) is 15.8. The number of hydrogen-bond acceptors (Lipinski definition) is 5. The molecule has 7 rings (SSSR count). The van der Waals surface area contributed by atoms with E-state index in [9.17, 15) is 4.79 Å².